The number of benzene rings is 2. The highest BCUT2D eigenvalue weighted by Gasteiger charge is 2.44. The molecule has 5 rings (SSSR count). The highest BCUT2D eigenvalue weighted by Crippen LogP contribution is 2.29. The number of aromatic nitrogens is 2. The largest absolute Gasteiger partial charge is 0.465 e. The van der Waals surface area contributed by atoms with E-state index in [1.807, 2.05) is 126 Å². The lowest BCUT2D eigenvalue weighted by molar-refractivity contribution is -0.130. The van der Waals surface area contributed by atoms with Gasteiger partial charge in [0, 0.05) is 36.6 Å². The summed E-state index contributed by atoms with van der Waals surface area (Å²) in [4.78, 5) is 66.4. The minimum absolute atomic E-state index is 0.0336. The van der Waals surface area contributed by atoms with Crippen molar-refractivity contribution < 1.29 is 29.4 Å². The van der Waals surface area contributed by atoms with E-state index in [9.17, 15) is 29.4 Å². The Morgan fingerprint density at radius 2 is 1.53 bits per heavy atom. The summed E-state index contributed by atoms with van der Waals surface area (Å²) in [6, 6.07) is 25.1. The van der Waals surface area contributed by atoms with Gasteiger partial charge in [0.25, 0.3) is 0 Å². The number of hydrogen-bond donors (Lipinski definition) is 5. The lowest BCUT2D eigenvalue weighted by atomic mass is 9.84. The molecule has 1 fully saturated rings. The fraction of sp³-hybridized carbons (Fsp3) is 0.435. The van der Waals surface area contributed by atoms with Crippen molar-refractivity contribution in [2.75, 3.05) is 13.1 Å². The molecule has 2 aromatic carbocycles. The van der Waals surface area contributed by atoms with E-state index in [2.05, 4.69) is 25.9 Å². The number of rotatable bonds is 18. The fourth-order valence-electron chi connectivity index (χ4n) is 7.69. The standard InChI is InChI=1S/C46H59N7O6/c1-7-30(2)40(51-44(57)58)42(55)49-36(26-33-19-21-34(22-20-33)37-18-11-12-23-47-37)28-39(54)38(27-32-15-9-8-10-16-32)50-43(56)41(46(4,5)6)53-25-24-52(45(53)59)29-35-17-13-14-31(3)48-35/h8-23,30,36,38-41,51,54H,7,24-29H2,1-6H3,(H,49,55)(H,50,56)(H,57,58)/t30?,36-,38-,39-,40-,41+/m0/s1. The predicted molar refractivity (Wildman–Crippen MR) is 227 cm³/mol. The maximum atomic E-state index is 14.6. The van der Waals surface area contributed by atoms with E-state index in [4.69, 9.17) is 0 Å². The van der Waals surface area contributed by atoms with Crippen molar-refractivity contribution in [1.82, 2.24) is 35.7 Å². The van der Waals surface area contributed by atoms with E-state index in [-0.39, 0.29) is 24.8 Å². The molecule has 13 nitrogen and oxygen atoms in total. The van der Waals surface area contributed by atoms with Crippen LogP contribution >= 0.6 is 0 Å². The first-order valence-electron chi connectivity index (χ1n) is 20.4. The molecule has 3 heterocycles. The van der Waals surface area contributed by atoms with Crippen LogP contribution in [0.1, 0.15) is 70.0 Å². The van der Waals surface area contributed by atoms with Crippen LogP contribution in [0.15, 0.2) is 97.2 Å². The minimum Gasteiger partial charge on any atom is -0.465 e. The van der Waals surface area contributed by atoms with Crippen LogP contribution < -0.4 is 16.0 Å². The molecule has 0 bridgehead atoms. The molecule has 5 N–H and O–H groups in total. The topological polar surface area (TPSA) is 177 Å². The highest BCUT2D eigenvalue weighted by molar-refractivity contribution is 5.89. The van der Waals surface area contributed by atoms with Crippen molar-refractivity contribution in [3.63, 3.8) is 0 Å². The van der Waals surface area contributed by atoms with Gasteiger partial charge >= 0.3 is 12.1 Å². The third kappa shape index (κ3) is 12.3. The molecule has 0 radical (unpaired) electrons. The van der Waals surface area contributed by atoms with Gasteiger partial charge in [0.1, 0.15) is 12.1 Å². The van der Waals surface area contributed by atoms with Crippen LogP contribution in [0.3, 0.4) is 0 Å². The average molecular weight is 806 g/mol. The Hall–Kier alpha value is -5.82. The van der Waals surface area contributed by atoms with Crippen LogP contribution in [-0.2, 0) is 29.0 Å². The quantitative estimate of drug-likeness (QED) is 0.0815. The Balaban J connectivity index is 1.41. The van der Waals surface area contributed by atoms with Crippen LogP contribution in [-0.4, -0.2) is 97.3 Å². The third-order valence-corrected chi connectivity index (χ3v) is 10.9. The molecule has 13 heteroatoms. The summed E-state index contributed by atoms with van der Waals surface area (Å²) in [5.41, 5.74) is 4.45. The Morgan fingerprint density at radius 1 is 0.831 bits per heavy atom. The number of carbonyl (C=O) groups excluding carboxylic acids is 3. The number of nitrogens with zero attached hydrogens (tertiary/aromatic N) is 4. The van der Waals surface area contributed by atoms with Crippen molar-refractivity contribution >= 4 is 23.9 Å². The van der Waals surface area contributed by atoms with E-state index < -0.39 is 53.6 Å². The molecule has 0 spiro atoms. The molecule has 5 amide bonds. The van der Waals surface area contributed by atoms with Gasteiger partial charge in [-0.2, -0.15) is 0 Å². The molecule has 0 aliphatic carbocycles. The normalized spacial score (nSPS) is 16.1. The van der Waals surface area contributed by atoms with E-state index in [0.717, 1.165) is 33.8 Å². The highest BCUT2D eigenvalue weighted by atomic mass is 16.4. The van der Waals surface area contributed by atoms with Gasteiger partial charge in [-0.05, 0) is 72.9 Å². The molecule has 4 aromatic rings. The van der Waals surface area contributed by atoms with Gasteiger partial charge in [-0.15, -0.1) is 0 Å². The summed E-state index contributed by atoms with van der Waals surface area (Å²) in [5.74, 6) is -1.20. The number of nitrogens with one attached hydrogen (secondary N) is 3. The summed E-state index contributed by atoms with van der Waals surface area (Å²) in [5, 5.41) is 30.3. The SMILES string of the molecule is CCC(C)[C@H](NC(=O)O)C(=O)N[C@@H](Cc1ccc(-c2ccccn2)cc1)C[C@H](O)[C@H](Cc1ccccc1)NC(=O)[C@@H](N1CCN(Cc2cccc(C)n2)C1=O)C(C)(C)C. The summed E-state index contributed by atoms with van der Waals surface area (Å²) in [6.07, 6.45) is 0.441. The zero-order valence-corrected chi connectivity index (χ0v) is 35.0. The number of amides is 5. The van der Waals surface area contributed by atoms with Gasteiger partial charge in [-0.3, -0.25) is 19.6 Å². The number of hydrogen-bond acceptors (Lipinski definition) is 7. The van der Waals surface area contributed by atoms with Crippen LogP contribution in [0.2, 0.25) is 0 Å². The van der Waals surface area contributed by atoms with E-state index in [0.29, 0.717) is 32.5 Å². The number of aryl methyl sites for hydroxylation is 1. The summed E-state index contributed by atoms with van der Waals surface area (Å²) in [7, 11) is 0. The Bertz CT molecular complexity index is 2010. The van der Waals surface area contributed by atoms with Gasteiger partial charge in [0.05, 0.1) is 30.1 Å². The molecule has 0 saturated carbocycles. The van der Waals surface area contributed by atoms with Crippen molar-refractivity contribution in [3.8, 4) is 11.3 Å². The molecule has 1 unspecified atom stereocenters. The number of carbonyl (C=O) groups is 4. The monoisotopic (exact) mass is 805 g/mol. The van der Waals surface area contributed by atoms with E-state index in [1.54, 1.807) is 22.9 Å². The Labute approximate surface area is 347 Å². The van der Waals surface area contributed by atoms with E-state index >= 15 is 0 Å². The molecule has 2 aromatic heterocycles. The molecule has 1 saturated heterocycles. The molecule has 314 valence electrons. The van der Waals surface area contributed by atoms with Crippen molar-refractivity contribution in [3.05, 3.63) is 120 Å². The van der Waals surface area contributed by atoms with Gasteiger partial charge in [0.2, 0.25) is 11.8 Å². The van der Waals surface area contributed by atoms with Crippen LogP contribution in [0.4, 0.5) is 9.59 Å². The molecular weight excluding hydrogens is 747 g/mol. The summed E-state index contributed by atoms with van der Waals surface area (Å²) < 4.78 is 0. The maximum Gasteiger partial charge on any atom is 0.405 e. The zero-order valence-electron chi connectivity index (χ0n) is 35.0. The summed E-state index contributed by atoms with van der Waals surface area (Å²) in [6.45, 7) is 12.5. The van der Waals surface area contributed by atoms with Gasteiger partial charge in [-0.25, -0.2) is 9.59 Å². The zero-order chi connectivity index (χ0) is 42.7. The molecule has 6 atom stereocenters. The second-order valence-electron chi connectivity index (χ2n) is 16.7. The summed E-state index contributed by atoms with van der Waals surface area (Å²) >= 11 is 0. The first kappa shape index (κ1) is 44.3. The Kier molecular flexibility index (Phi) is 15.2. The fourth-order valence-corrected chi connectivity index (χ4v) is 7.69. The molecule has 1 aliphatic heterocycles. The van der Waals surface area contributed by atoms with Gasteiger partial charge in [0.15, 0.2) is 0 Å². The second-order valence-corrected chi connectivity index (χ2v) is 16.7. The third-order valence-electron chi connectivity index (χ3n) is 10.9. The lowest BCUT2D eigenvalue weighted by Crippen LogP contribution is -2.59. The second kappa shape index (κ2) is 20.2. The number of aliphatic hydroxyl groups excluding tert-OH is 1. The minimum atomic E-state index is -1.31. The first-order valence-corrected chi connectivity index (χ1v) is 20.4. The average Bonchev–Trinajstić information content (AvgIpc) is 3.54. The van der Waals surface area contributed by atoms with Crippen LogP contribution in [0, 0.1) is 18.3 Å². The maximum absolute atomic E-state index is 14.6. The van der Waals surface area contributed by atoms with Crippen LogP contribution in [0.25, 0.3) is 11.3 Å². The van der Waals surface area contributed by atoms with Crippen molar-refractivity contribution in [1.29, 1.82) is 0 Å². The van der Waals surface area contributed by atoms with Crippen molar-refractivity contribution in [2.24, 2.45) is 11.3 Å². The number of carboxylic acid groups (broad SMARTS) is 1. The van der Waals surface area contributed by atoms with Crippen molar-refractivity contribution in [2.45, 2.75) is 104 Å². The first-order chi connectivity index (χ1) is 28.1. The van der Waals surface area contributed by atoms with E-state index in [1.165, 1.54) is 0 Å². The van der Waals surface area contributed by atoms with Gasteiger partial charge < -0.3 is 36.0 Å². The molecule has 59 heavy (non-hydrogen) atoms. The van der Waals surface area contributed by atoms with Crippen LogP contribution in [0.5, 0.6) is 0 Å². The predicted octanol–water partition coefficient (Wildman–Crippen LogP) is 5.99. The molecule has 1 aliphatic rings. The number of pyridine rings is 2. The number of aliphatic hydroxyl groups is 1. The number of urea groups is 1. The lowest BCUT2D eigenvalue weighted by Gasteiger charge is -2.38. The molecular formula is C46H59N7O6. The smallest absolute Gasteiger partial charge is 0.405 e. The van der Waals surface area contributed by atoms with Gasteiger partial charge in [-0.1, -0.05) is 108 Å². The Morgan fingerprint density at radius 3 is 2.15 bits per heavy atom.